The molecule has 0 bridgehead atoms. The van der Waals surface area contributed by atoms with Crippen LogP contribution in [0.2, 0.25) is 0 Å². The quantitative estimate of drug-likeness (QED) is 0.619. The van der Waals surface area contributed by atoms with E-state index in [2.05, 4.69) is 10.3 Å². The van der Waals surface area contributed by atoms with Crippen LogP contribution >= 0.6 is 0 Å². The Morgan fingerprint density at radius 3 is 2.59 bits per heavy atom. The average molecular weight is 394 g/mol. The van der Waals surface area contributed by atoms with Crippen LogP contribution in [0.4, 0.5) is 0 Å². The van der Waals surface area contributed by atoms with E-state index in [0.29, 0.717) is 17.0 Å². The van der Waals surface area contributed by atoms with E-state index < -0.39 is 18.5 Å². The van der Waals surface area contributed by atoms with E-state index in [1.165, 1.54) is 0 Å². The molecule has 0 fully saturated rings. The van der Waals surface area contributed by atoms with Gasteiger partial charge in [0.25, 0.3) is 5.91 Å². The van der Waals surface area contributed by atoms with Crippen molar-refractivity contribution in [3.8, 4) is 11.5 Å². The Kier molecular flexibility index (Phi) is 6.29. The number of rotatable bonds is 7. The summed E-state index contributed by atoms with van der Waals surface area (Å²) in [6.45, 7) is 1.39. The van der Waals surface area contributed by atoms with Gasteiger partial charge in [0.2, 0.25) is 0 Å². The summed E-state index contributed by atoms with van der Waals surface area (Å²) in [4.78, 5) is 28.7. The van der Waals surface area contributed by atoms with Gasteiger partial charge in [-0.15, -0.1) is 0 Å². The standard InChI is InChI=1S/C22H22N2O5/c1-14(17-12-16(27-2)9-11-20(17)28-3)23-21(25)13-29-22(26)19-10-8-15-6-4-5-7-18(15)24-19/h4-12,14H,13H2,1-3H3,(H,23,25)/t14-/m0/s1. The molecule has 1 heterocycles. The van der Waals surface area contributed by atoms with Gasteiger partial charge >= 0.3 is 5.97 Å². The Bertz CT molecular complexity index is 1030. The summed E-state index contributed by atoms with van der Waals surface area (Å²) in [7, 11) is 3.12. The van der Waals surface area contributed by atoms with Crippen molar-refractivity contribution in [1.82, 2.24) is 10.3 Å². The summed E-state index contributed by atoms with van der Waals surface area (Å²) >= 11 is 0. The number of carbonyl (C=O) groups is 2. The molecule has 0 aliphatic carbocycles. The molecular formula is C22H22N2O5. The van der Waals surface area contributed by atoms with Gasteiger partial charge in [-0.3, -0.25) is 4.79 Å². The zero-order chi connectivity index (χ0) is 20.8. The molecule has 0 radical (unpaired) electrons. The maximum absolute atomic E-state index is 12.2. The van der Waals surface area contributed by atoms with Crippen molar-refractivity contribution < 1.29 is 23.8 Å². The monoisotopic (exact) mass is 394 g/mol. The normalized spacial score (nSPS) is 11.6. The molecule has 1 atom stereocenters. The van der Waals surface area contributed by atoms with Crippen LogP contribution in [0.1, 0.15) is 29.0 Å². The van der Waals surface area contributed by atoms with Crippen molar-refractivity contribution in [2.45, 2.75) is 13.0 Å². The zero-order valence-electron chi connectivity index (χ0n) is 16.5. The summed E-state index contributed by atoms with van der Waals surface area (Å²) < 4.78 is 15.7. The van der Waals surface area contributed by atoms with E-state index >= 15 is 0 Å². The lowest BCUT2D eigenvalue weighted by Crippen LogP contribution is -2.31. The van der Waals surface area contributed by atoms with Crippen molar-refractivity contribution in [2.75, 3.05) is 20.8 Å². The van der Waals surface area contributed by atoms with Gasteiger partial charge in [-0.2, -0.15) is 0 Å². The van der Waals surface area contributed by atoms with E-state index in [4.69, 9.17) is 14.2 Å². The number of esters is 1. The number of pyridine rings is 1. The molecule has 7 nitrogen and oxygen atoms in total. The predicted octanol–water partition coefficient (Wildman–Crippen LogP) is 3.29. The molecule has 0 spiro atoms. The third-order valence-corrected chi connectivity index (χ3v) is 4.42. The number of nitrogens with one attached hydrogen (secondary N) is 1. The van der Waals surface area contributed by atoms with Crippen LogP contribution in [0.25, 0.3) is 10.9 Å². The van der Waals surface area contributed by atoms with Crippen LogP contribution in [0.3, 0.4) is 0 Å². The van der Waals surface area contributed by atoms with E-state index in [0.717, 1.165) is 10.9 Å². The summed E-state index contributed by atoms with van der Waals surface area (Å²) in [6, 6.07) is 15.8. The highest BCUT2D eigenvalue weighted by molar-refractivity contribution is 5.92. The molecule has 0 saturated carbocycles. The van der Waals surface area contributed by atoms with Crippen molar-refractivity contribution >= 4 is 22.8 Å². The average Bonchev–Trinajstić information content (AvgIpc) is 2.76. The number of ether oxygens (including phenoxy) is 3. The van der Waals surface area contributed by atoms with Crippen molar-refractivity contribution in [3.05, 3.63) is 65.9 Å². The first-order chi connectivity index (χ1) is 14.0. The minimum Gasteiger partial charge on any atom is -0.497 e. The summed E-state index contributed by atoms with van der Waals surface area (Å²) in [5.41, 5.74) is 1.59. The third kappa shape index (κ3) is 4.82. The van der Waals surface area contributed by atoms with E-state index in [1.54, 1.807) is 44.6 Å². The highest BCUT2D eigenvalue weighted by Gasteiger charge is 2.17. The molecule has 2 aromatic carbocycles. The number of aromatic nitrogens is 1. The second kappa shape index (κ2) is 9.05. The molecule has 0 saturated heterocycles. The number of methoxy groups -OCH3 is 2. The Hall–Kier alpha value is -3.61. The summed E-state index contributed by atoms with van der Waals surface area (Å²) in [6.07, 6.45) is 0. The van der Waals surface area contributed by atoms with Gasteiger partial charge < -0.3 is 19.5 Å². The number of hydrogen-bond acceptors (Lipinski definition) is 6. The van der Waals surface area contributed by atoms with E-state index in [9.17, 15) is 9.59 Å². The predicted molar refractivity (Wildman–Crippen MR) is 108 cm³/mol. The molecule has 0 aliphatic rings. The van der Waals surface area contributed by atoms with Crippen molar-refractivity contribution in [1.29, 1.82) is 0 Å². The van der Waals surface area contributed by atoms with Gasteiger partial charge in [0, 0.05) is 10.9 Å². The fraction of sp³-hybridized carbons (Fsp3) is 0.227. The van der Waals surface area contributed by atoms with Gasteiger partial charge in [0.1, 0.15) is 17.2 Å². The molecule has 0 aliphatic heterocycles. The van der Waals surface area contributed by atoms with Gasteiger partial charge in [0.15, 0.2) is 6.61 Å². The number of fused-ring (bicyclic) bond motifs is 1. The Labute approximate surface area is 168 Å². The van der Waals surface area contributed by atoms with Crippen LogP contribution in [0.15, 0.2) is 54.6 Å². The second-order valence-corrected chi connectivity index (χ2v) is 6.36. The fourth-order valence-electron chi connectivity index (χ4n) is 2.92. The van der Waals surface area contributed by atoms with E-state index in [-0.39, 0.29) is 11.7 Å². The maximum atomic E-state index is 12.2. The molecule has 1 amide bonds. The first kappa shape index (κ1) is 20.1. The Morgan fingerprint density at radius 1 is 1.03 bits per heavy atom. The Balaban J connectivity index is 1.61. The zero-order valence-corrected chi connectivity index (χ0v) is 16.5. The number of para-hydroxylation sites is 1. The van der Waals surface area contributed by atoms with Crippen LogP contribution in [-0.4, -0.2) is 37.7 Å². The van der Waals surface area contributed by atoms with Gasteiger partial charge in [-0.25, -0.2) is 9.78 Å². The molecule has 0 unspecified atom stereocenters. The van der Waals surface area contributed by atoms with Crippen molar-refractivity contribution in [3.63, 3.8) is 0 Å². The first-order valence-corrected chi connectivity index (χ1v) is 9.06. The molecule has 1 N–H and O–H groups in total. The topological polar surface area (TPSA) is 86.8 Å². The molecule has 29 heavy (non-hydrogen) atoms. The Morgan fingerprint density at radius 2 is 1.83 bits per heavy atom. The smallest absolute Gasteiger partial charge is 0.357 e. The lowest BCUT2D eigenvalue weighted by atomic mass is 10.1. The number of nitrogens with zero attached hydrogens (tertiary/aromatic N) is 1. The molecule has 7 heteroatoms. The lowest BCUT2D eigenvalue weighted by Gasteiger charge is -2.18. The van der Waals surface area contributed by atoms with Crippen LogP contribution in [0.5, 0.6) is 11.5 Å². The summed E-state index contributed by atoms with van der Waals surface area (Å²) in [5.74, 6) is 0.181. The third-order valence-electron chi connectivity index (χ3n) is 4.42. The van der Waals surface area contributed by atoms with Gasteiger partial charge in [-0.1, -0.05) is 24.3 Å². The molecule has 150 valence electrons. The first-order valence-electron chi connectivity index (χ1n) is 9.06. The maximum Gasteiger partial charge on any atom is 0.357 e. The SMILES string of the molecule is COc1ccc(OC)c([C@H](C)NC(=O)COC(=O)c2ccc3ccccc3n2)c1. The van der Waals surface area contributed by atoms with Crippen LogP contribution in [0, 0.1) is 0 Å². The molecular weight excluding hydrogens is 372 g/mol. The van der Waals surface area contributed by atoms with E-state index in [1.807, 2.05) is 31.2 Å². The number of hydrogen-bond donors (Lipinski definition) is 1. The largest absolute Gasteiger partial charge is 0.497 e. The molecule has 1 aromatic heterocycles. The molecule has 3 rings (SSSR count). The fourth-order valence-corrected chi connectivity index (χ4v) is 2.92. The lowest BCUT2D eigenvalue weighted by molar-refractivity contribution is -0.124. The number of carbonyl (C=O) groups excluding carboxylic acids is 2. The molecule has 3 aromatic rings. The minimum absolute atomic E-state index is 0.152. The van der Waals surface area contributed by atoms with Gasteiger partial charge in [0.05, 0.1) is 25.8 Å². The second-order valence-electron chi connectivity index (χ2n) is 6.36. The van der Waals surface area contributed by atoms with Crippen molar-refractivity contribution in [2.24, 2.45) is 0 Å². The number of benzene rings is 2. The highest BCUT2D eigenvalue weighted by atomic mass is 16.5. The summed E-state index contributed by atoms with van der Waals surface area (Å²) in [5, 5.41) is 3.71. The van der Waals surface area contributed by atoms with Crippen LogP contribution in [-0.2, 0) is 9.53 Å². The minimum atomic E-state index is -0.655. The van der Waals surface area contributed by atoms with Crippen LogP contribution < -0.4 is 14.8 Å². The van der Waals surface area contributed by atoms with Gasteiger partial charge in [-0.05, 0) is 37.3 Å². The highest BCUT2D eigenvalue weighted by Crippen LogP contribution is 2.29. The number of amides is 1.